The van der Waals surface area contributed by atoms with Gasteiger partial charge < -0.3 is 19.7 Å². The molecule has 1 aromatic rings. The van der Waals surface area contributed by atoms with Gasteiger partial charge in [-0.1, -0.05) is 24.2 Å². The van der Waals surface area contributed by atoms with Crippen LogP contribution in [0.2, 0.25) is 0 Å². The predicted octanol–water partition coefficient (Wildman–Crippen LogP) is 1.05. The summed E-state index contributed by atoms with van der Waals surface area (Å²) in [6, 6.07) is 6.98. The third kappa shape index (κ3) is 2.92. The minimum absolute atomic E-state index is 0.00933. The highest BCUT2D eigenvalue weighted by Crippen LogP contribution is 2.24. The molecule has 2 heterocycles. The van der Waals surface area contributed by atoms with E-state index in [-0.39, 0.29) is 11.7 Å². The number of carbonyl (C=O) groups excluding carboxylic acids is 1. The fourth-order valence-electron chi connectivity index (χ4n) is 2.87. The molecule has 22 heavy (non-hydrogen) atoms. The maximum Gasteiger partial charge on any atom is 0.266 e. The van der Waals surface area contributed by atoms with Gasteiger partial charge in [-0.25, -0.2) is 0 Å². The molecular weight excluding hydrogens is 282 g/mol. The van der Waals surface area contributed by atoms with Crippen LogP contribution in [0.5, 0.6) is 5.75 Å². The van der Waals surface area contributed by atoms with E-state index < -0.39 is 6.10 Å². The molecule has 6 nitrogen and oxygen atoms in total. The van der Waals surface area contributed by atoms with Crippen LogP contribution in [-0.4, -0.2) is 65.4 Å². The first kappa shape index (κ1) is 14.8. The largest absolute Gasteiger partial charge is 0.507 e. The monoisotopic (exact) mass is 303 g/mol. The van der Waals surface area contributed by atoms with Crippen molar-refractivity contribution in [3.8, 4) is 5.75 Å². The summed E-state index contributed by atoms with van der Waals surface area (Å²) in [6.07, 6.45) is -0.160. The Kier molecular flexibility index (Phi) is 4.29. The van der Waals surface area contributed by atoms with Crippen molar-refractivity contribution in [3.05, 3.63) is 29.8 Å². The minimum atomic E-state index is -0.567. The lowest BCUT2D eigenvalue weighted by Gasteiger charge is -2.34. The highest BCUT2D eigenvalue weighted by atomic mass is 16.6. The maximum atomic E-state index is 12.5. The first-order valence-electron chi connectivity index (χ1n) is 7.71. The number of hydrogen-bond acceptors (Lipinski definition) is 5. The molecule has 0 aliphatic carbocycles. The van der Waals surface area contributed by atoms with Gasteiger partial charge in [0.1, 0.15) is 5.75 Å². The number of amides is 1. The molecule has 6 heteroatoms. The number of phenols is 1. The van der Waals surface area contributed by atoms with Gasteiger partial charge in [-0.05, 0) is 18.7 Å². The van der Waals surface area contributed by atoms with Gasteiger partial charge >= 0.3 is 0 Å². The molecule has 1 amide bonds. The first-order valence-corrected chi connectivity index (χ1v) is 7.71. The fourth-order valence-corrected chi connectivity index (χ4v) is 2.87. The number of aromatic hydroxyl groups is 1. The summed E-state index contributed by atoms with van der Waals surface area (Å²) in [6.45, 7) is 6.42. The normalized spacial score (nSPS) is 22.3. The number of oxime groups is 1. The zero-order valence-corrected chi connectivity index (χ0v) is 12.7. The second-order valence-electron chi connectivity index (χ2n) is 5.61. The molecule has 0 radical (unpaired) electrons. The molecule has 2 aliphatic heterocycles. The molecule has 3 rings (SSSR count). The molecule has 0 spiro atoms. The summed E-state index contributed by atoms with van der Waals surface area (Å²) < 4.78 is 0. The smallest absolute Gasteiger partial charge is 0.266 e. The molecule has 1 N–H and O–H groups in total. The third-order valence-corrected chi connectivity index (χ3v) is 4.29. The molecule has 0 saturated carbocycles. The lowest BCUT2D eigenvalue weighted by Crippen LogP contribution is -2.51. The van der Waals surface area contributed by atoms with Crippen LogP contribution in [0.25, 0.3) is 0 Å². The Balaban J connectivity index is 1.60. The Labute approximate surface area is 130 Å². The number of likely N-dealkylation sites (N-methyl/N-ethyl adjacent to an activating group) is 1. The number of benzene rings is 1. The summed E-state index contributed by atoms with van der Waals surface area (Å²) in [7, 11) is 0. The van der Waals surface area contributed by atoms with Crippen LogP contribution in [0.3, 0.4) is 0 Å². The van der Waals surface area contributed by atoms with E-state index in [4.69, 9.17) is 4.84 Å². The lowest BCUT2D eigenvalue weighted by molar-refractivity contribution is -0.143. The number of nitrogens with zero attached hydrogens (tertiary/aromatic N) is 3. The van der Waals surface area contributed by atoms with Gasteiger partial charge in [0.25, 0.3) is 5.91 Å². The molecule has 1 fully saturated rings. The number of hydrogen-bond donors (Lipinski definition) is 1. The van der Waals surface area contributed by atoms with E-state index >= 15 is 0 Å². The summed E-state index contributed by atoms with van der Waals surface area (Å²) in [5.41, 5.74) is 1.26. The highest BCUT2D eigenvalue weighted by molar-refractivity contribution is 6.05. The van der Waals surface area contributed by atoms with Crippen LogP contribution in [0.15, 0.2) is 29.4 Å². The molecule has 1 aromatic carbocycles. The lowest BCUT2D eigenvalue weighted by atomic mass is 10.0. The number of rotatable bonds is 3. The summed E-state index contributed by atoms with van der Waals surface area (Å²) in [5.74, 6) is 0.152. The van der Waals surface area contributed by atoms with Crippen LogP contribution in [-0.2, 0) is 9.63 Å². The van der Waals surface area contributed by atoms with Crippen molar-refractivity contribution >= 4 is 11.6 Å². The molecule has 1 unspecified atom stereocenters. The van der Waals surface area contributed by atoms with Crippen LogP contribution in [0.1, 0.15) is 18.9 Å². The molecule has 0 bridgehead atoms. The standard InChI is InChI=1S/C16H21N3O3/c1-2-18-7-9-19(10-8-18)16(21)15-11-13(17-22-15)12-5-3-4-6-14(12)20/h3-6,15,20H,2,7-11H2,1H3. The number of piperazine rings is 1. The van der Waals surface area contributed by atoms with Crippen LogP contribution >= 0.6 is 0 Å². The van der Waals surface area contributed by atoms with Gasteiger partial charge in [-0.3, -0.25) is 4.79 Å². The Hall–Kier alpha value is -2.08. The van der Waals surface area contributed by atoms with Gasteiger partial charge in [-0.15, -0.1) is 0 Å². The molecular formula is C16H21N3O3. The molecule has 118 valence electrons. The molecule has 1 saturated heterocycles. The summed E-state index contributed by atoms with van der Waals surface area (Å²) in [5, 5.41) is 13.9. The zero-order valence-electron chi connectivity index (χ0n) is 12.7. The maximum absolute atomic E-state index is 12.5. The van der Waals surface area contributed by atoms with Crippen molar-refractivity contribution in [2.24, 2.45) is 5.16 Å². The molecule has 0 aromatic heterocycles. The number of carbonyl (C=O) groups is 1. The van der Waals surface area contributed by atoms with E-state index in [1.54, 1.807) is 18.2 Å². The van der Waals surface area contributed by atoms with Crippen molar-refractivity contribution in [2.45, 2.75) is 19.4 Å². The Morgan fingerprint density at radius 3 is 2.73 bits per heavy atom. The average molecular weight is 303 g/mol. The molecule has 1 atom stereocenters. The Morgan fingerprint density at radius 2 is 2.05 bits per heavy atom. The topological polar surface area (TPSA) is 65.4 Å². The van der Waals surface area contributed by atoms with E-state index in [1.165, 1.54) is 0 Å². The SMILES string of the molecule is CCN1CCN(C(=O)C2CC(c3ccccc3O)=NO2)CC1. The van der Waals surface area contributed by atoms with Gasteiger partial charge in [0.2, 0.25) is 6.10 Å². The summed E-state index contributed by atoms with van der Waals surface area (Å²) >= 11 is 0. The van der Waals surface area contributed by atoms with Crippen molar-refractivity contribution in [3.63, 3.8) is 0 Å². The third-order valence-electron chi connectivity index (χ3n) is 4.29. The second kappa shape index (κ2) is 6.36. The second-order valence-corrected chi connectivity index (χ2v) is 5.61. The predicted molar refractivity (Wildman–Crippen MR) is 82.8 cm³/mol. The van der Waals surface area contributed by atoms with Crippen molar-refractivity contribution < 1.29 is 14.7 Å². The molecule has 2 aliphatic rings. The highest BCUT2D eigenvalue weighted by Gasteiger charge is 2.34. The van der Waals surface area contributed by atoms with Crippen molar-refractivity contribution in [1.82, 2.24) is 9.80 Å². The van der Waals surface area contributed by atoms with Gasteiger partial charge in [0.15, 0.2) is 0 Å². The van der Waals surface area contributed by atoms with E-state index in [0.717, 1.165) is 32.7 Å². The Morgan fingerprint density at radius 1 is 1.32 bits per heavy atom. The van der Waals surface area contributed by atoms with Crippen LogP contribution in [0, 0.1) is 0 Å². The summed E-state index contributed by atoms with van der Waals surface area (Å²) in [4.78, 5) is 22.0. The van der Waals surface area contributed by atoms with Gasteiger partial charge in [0, 0.05) is 38.2 Å². The van der Waals surface area contributed by atoms with Crippen LogP contribution < -0.4 is 0 Å². The first-order chi connectivity index (χ1) is 10.7. The van der Waals surface area contributed by atoms with Gasteiger partial charge in [-0.2, -0.15) is 0 Å². The van der Waals surface area contributed by atoms with Gasteiger partial charge in [0.05, 0.1) is 5.71 Å². The fraction of sp³-hybridized carbons (Fsp3) is 0.500. The number of phenolic OH excluding ortho intramolecular Hbond substituents is 1. The van der Waals surface area contributed by atoms with Crippen LogP contribution in [0.4, 0.5) is 0 Å². The Bertz CT molecular complexity index is 580. The minimum Gasteiger partial charge on any atom is -0.507 e. The zero-order chi connectivity index (χ0) is 15.5. The van der Waals surface area contributed by atoms with Crippen molar-refractivity contribution in [1.29, 1.82) is 0 Å². The number of para-hydroxylation sites is 1. The quantitative estimate of drug-likeness (QED) is 0.906. The average Bonchev–Trinajstić information content (AvgIpc) is 3.04. The van der Waals surface area contributed by atoms with E-state index in [2.05, 4.69) is 17.0 Å². The van der Waals surface area contributed by atoms with Crippen molar-refractivity contribution in [2.75, 3.05) is 32.7 Å². The van der Waals surface area contributed by atoms with E-state index in [9.17, 15) is 9.90 Å². The van der Waals surface area contributed by atoms with E-state index in [1.807, 2.05) is 11.0 Å². The van der Waals surface area contributed by atoms with E-state index in [0.29, 0.717) is 17.7 Å².